The molecule has 2 saturated carbocycles. The third kappa shape index (κ3) is 1.01. The molecule has 2 heteroatoms. The molecule has 82 valence electrons. The van der Waals surface area contributed by atoms with Crippen LogP contribution >= 0.6 is 0 Å². The minimum atomic E-state index is -0.480. The fraction of sp³-hybridized carbons (Fsp3) is 0.769. The van der Waals surface area contributed by atoms with Crippen molar-refractivity contribution < 1.29 is 9.90 Å². The topological polar surface area (TPSA) is 37.3 Å². The molecule has 0 spiro atoms. The zero-order chi connectivity index (χ0) is 10.8. The molecule has 15 heavy (non-hydrogen) atoms. The number of carbonyl (C=O) groups is 1. The zero-order valence-electron chi connectivity index (χ0n) is 9.47. The van der Waals surface area contributed by atoms with E-state index in [0.717, 1.165) is 31.3 Å². The summed E-state index contributed by atoms with van der Waals surface area (Å²) < 4.78 is 0. The van der Waals surface area contributed by atoms with E-state index in [1.54, 1.807) is 0 Å². The average Bonchev–Trinajstić information content (AvgIpc) is 2.60. The highest BCUT2D eigenvalue weighted by molar-refractivity contribution is 5.99. The SMILES string of the molecule is CC1=C2[C@H]3CCC[C@@]3(O)C[C@]2(C)CC1=O. The summed E-state index contributed by atoms with van der Waals surface area (Å²) in [6.07, 6.45) is 4.56. The molecule has 0 bridgehead atoms. The first-order chi connectivity index (χ1) is 6.96. The maximum atomic E-state index is 11.7. The van der Waals surface area contributed by atoms with Crippen LogP contribution in [-0.4, -0.2) is 16.5 Å². The first kappa shape index (κ1) is 9.59. The van der Waals surface area contributed by atoms with E-state index in [-0.39, 0.29) is 11.3 Å². The van der Waals surface area contributed by atoms with Crippen LogP contribution in [0.2, 0.25) is 0 Å². The Hall–Kier alpha value is -0.630. The largest absolute Gasteiger partial charge is 0.389 e. The van der Waals surface area contributed by atoms with E-state index in [4.69, 9.17) is 0 Å². The van der Waals surface area contributed by atoms with Gasteiger partial charge in [-0.2, -0.15) is 0 Å². The highest BCUT2D eigenvalue weighted by Crippen LogP contribution is 2.63. The number of rotatable bonds is 0. The maximum Gasteiger partial charge on any atom is 0.159 e. The van der Waals surface area contributed by atoms with Gasteiger partial charge in [0, 0.05) is 12.3 Å². The summed E-state index contributed by atoms with van der Waals surface area (Å²) in [5, 5.41) is 10.6. The maximum absolute atomic E-state index is 11.7. The van der Waals surface area contributed by atoms with Crippen LogP contribution in [0.15, 0.2) is 11.1 Å². The molecule has 0 saturated heterocycles. The first-order valence-corrected chi connectivity index (χ1v) is 5.93. The smallest absolute Gasteiger partial charge is 0.159 e. The van der Waals surface area contributed by atoms with Crippen molar-refractivity contribution in [2.24, 2.45) is 11.3 Å². The summed E-state index contributed by atoms with van der Waals surface area (Å²) in [5.74, 6) is 0.593. The van der Waals surface area contributed by atoms with Crippen LogP contribution in [0.1, 0.15) is 46.0 Å². The molecule has 3 aliphatic carbocycles. The summed E-state index contributed by atoms with van der Waals surface area (Å²) in [5.41, 5.74) is 1.76. The van der Waals surface area contributed by atoms with E-state index in [2.05, 4.69) is 6.92 Å². The van der Waals surface area contributed by atoms with Gasteiger partial charge >= 0.3 is 0 Å². The molecule has 0 unspecified atom stereocenters. The number of hydrogen-bond acceptors (Lipinski definition) is 2. The Labute approximate surface area is 90.4 Å². The second-order valence-corrected chi connectivity index (χ2v) is 5.92. The van der Waals surface area contributed by atoms with Gasteiger partial charge in [0.15, 0.2) is 5.78 Å². The number of carbonyl (C=O) groups excluding carboxylic acids is 1. The molecule has 0 aromatic rings. The van der Waals surface area contributed by atoms with Crippen molar-refractivity contribution in [3.63, 3.8) is 0 Å². The van der Waals surface area contributed by atoms with Gasteiger partial charge in [-0.05, 0) is 43.6 Å². The van der Waals surface area contributed by atoms with Crippen molar-refractivity contribution in [1.82, 2.24) is 0 Å². The van der Waals surface area contributed by atoms with Crippen molar-refractivity contribution in [3.8, 4) is 0 Å². The molecule has 2 nitrogen and oxygen atoms in total. The van der Waals surface area contributed by atoms with E-state index >= 15 is 0 Å². The standard InChI is InChI=1S/C13H18O2/c1-8-10(14)6-12(2)7-13(15)5-3-4-9(13)11(8)12/h9,15H,3-7H2,1-2H3/t9-,12+,13-/m1/s1. The molecule has 0 aromatic carbocycles. The number of aliphatic hydroxyl groups is 1. The van der Waals surface area contributed by atoms with Gasteiger partial charge in [0.25, 0.3) is 0 Å². The van der Waals surface area contributed by atoms with Gasteiger partial charge in [-0.3, -0.25) is 4.79 Å². The molecular formula is C13H18O2. The van der Waals surface area contributed by atoms with Gasteiger partial charge in [0.2, 0.25) is 0 Å². The molecule has 3 aliphatic rings. The van der Waals surface area contributed by atoms with Crippen molar-refractivity contribution in [2.45, 2.75) is 51.6 Å². The van der Waals surface area contributed by atoms with Crippen LogP contribution in [-0.2, 0) is 4.79 Å². The lowest BCUT2D eigenvalue weighted by Gasteiger charge is -2.24. The van der Waals surface area contributed by atoms with E-state index < -0.39 is 5.60 Å². The Morgan fingerprint density at radius 3 is 2.93 bits per heavy atom. The molecule has 1 N–H and O–H groups in total. The van der Waals surface area contributed by atoms with Gasteiger partial charge in [-0.15, -0.1) is 0 Å². The highest BCUT2D eigenvalue weighted by Gasteiger charge is 2.60. The lowest BCUT2D eigenvalue weighted by atomic mass is 9.82. The summed E-state index contributed by atoms with van der Waals surface area (Å²) in [6.45, 7) is 4.11. The predicted molar refractivity (Wildman–Crippen MR) is 57.3 cm³/mol. The molecule has 0 aromatic heterocycles. The summed E-state index contributed by atoms with van der Waals surface area (Å²) >= 11 is 0. The first-order valence-electron chi connectivity index (χ1n) is 5.93. The molecule has 0 radical (unpaired) electrons. The van der Waals surface area contributed by atoms with Gasteiger partial charge in [0.05, 0.1) is 5.60 Å². The predicted octanol–water partition coefficient (Wildman–Crippen LogP) is 2.22. The van der Waals surface area contributed by atoms with Gasteiger partial charge in [-0.1, -0.05) is 12.5 Å². The molecule has 0 amide bonds. The quantitative estimate of drug-likeness (QED) is 0.660. The van der Waals surface area contributed by atoms with Crippen molar-refractivity contribution in [3.05, 3.63) is 11.1 Å². The third-order valence-corrected chi connectivity index (χ3v) is 4.82. The fourth-order valence-electron chi connectivity index (χ4n) is 4.38. The van der Waals surface area contributed by atoms with Crippen molar-refractivity contribution in [2.75, 3.05) is 0 Å². The van der Waals surface area contributed by atoms with Crippen LogP contribution in [0.5, 0.6) is 0 Å². The van der Waals surface area contributed by atoms with Gasteiger partial charge in [0.1, 0.15) is 0 Å². The minimum Gasteiger partial charge on any atom is -0.389 e. The Balaban J connectivity index is 2.14. The summed E-state index contributed by atoms with van der Waals surface area (Å²) in [6, 6.07) is 0. The number of Topliss-reactive ketones (excluding diaryl/α,β-unsaturated/α-hetero) is 1. The number of allylic oxidation sites excluding steroid dienone is 1. The molecule has 3 atom stereocenters. The molecule has 0 heterocycles. The van der Waals surface area contributed by atoms with Gasteiger partial charge in [-0.25, -0.2) is 0 Å². The highest BCUT2D eigenvalue weighted by atomic mass is 16.3. The second-order valence-electron chi connectivity index (χ2n) is 5.92. The van der Waals surface area contributed by atoms with Crippen LogP contribution in [0.25, 0.3) is 0 Å². The molecular weight excluding hydrogens is 188 g/mol. The van der Waals surface area contributed by atoms with Crippen LogP contribution < -0.4 is 0 Å². The third-order valence-electron chi connectivity index (χ3n) is 4.82. The van der Waals surface area contributed by atoms with E-state index in [1.807, 2.05) is 6.92 Å². The summed E-state index contributed by atoms with van der Waals surface area (Å²) in [4.78, 5) is 11.7. The Morgan fingerprint density at radius 1 is 1.47 bits per heavy atom. The molecule has 3 rings (SSSR count). The lowest BCUT2D eigenvalue weighted by molar-refractivity contribution is -0.116. The minimum absolute atomic E-state index is 0.0129. The average molecular weight is 206 g/mol. The van der Waals surface area contributed by atoms with Gasteiger partial charge < -0.3 is 5.11 Å². The lowest BCUT2D eigenvalue weighted by Crippen LogP contribution is -2.29. The van der Waals surface area contributed by atoms with Crippen molar-refractivity contribution in [1.29, 1.82) is 0 Å². The fourth-order valence-corrected chi connectivity index (χ4v) is 4.38. The Morgan fingerprint density at radius 2 is 2.20 bits per heavy atom. The molecule has 0 aliphatic heterocycles. The molecule has 2 fully saturated rings. The second kappa shape index (κ2) is 2.54. The van der Waals surface area contributed by atoms with E-state index in [1.165, 1.54) is 5.57 Å². The van der Waals surface area contributed by atoms with Crippen LogP contribution in [0.4, 0.5) is 0 Å². The monoisotopic (exact) mass is 206 g/mol. The zero-order valence-corrected chi connectivity index (χ0v) is 9.47. The van der Waals surface area contributed by atoms with E-state index in [0.29, 0.717) is 12.2 Å². The Bertz CT molecular complexity index is 382. The number of ketones is 1. The van der Waals surface area contributed by atoms with Crippen LogP contribution in [0, 0.1) is 11.3 Å². The normalized spacial score (nSPS) is 48.7. The number of fused-ring (bicyclic) bond motifs is 3. The van der Waals surface area contributed by atoms with E-state index in [9.17, 15) is 9.90 Å². The van der Waals surface area contributed by atoms with Crippen molar-refractivity contribution >= 4 is 5.78 Å². The van der Waals surface area contributed by atoms with Crippen LogP contribution in [0.3, 0.4) is 0 Å². The summed E-state index contributed by atoms with van der Waals surface area (Å²) in [7, 11) is 0. The number of hydrogen-bond donors (Lipinski definition) is 1. The Kier molecular flexibility index (Phi) is 1.62.